The SMILES string of the molecule is CC(C)c1nn(C)c(Cl)c1C(O)CCCC1CCCO1. The lowest BCUT2D eigenvalue weighted by Gasteiger charge is -2.14. The Kier molecular flexibility index (Phi) is 5.47. The zero-order valence-electron chi connectivity index (χ0n) is 12.6. The van der Waals surface area contributed by atoms with E-state index < -0.39 is 6.10 Å². The first-order chi connectivity index (χ1) is 9.50. The summed E-state index contributed by atoms with van der Waals surface area (Å²) >= 11 is 6.27. The van der Waals surface area contributed by atoms with Crippen LogP contribution in [0.3, 0.4) is 0 Å². The predicted octanol–water partition coefficient (Wildman–Crippen LogP) is 3.58. The van der Waals surface area contributed by atoms with Gasteiger partial charge in [-0.15, -0.1) is 0 Å². The number of aliphatic hydroxyl groups is 1. The van der Waals surface area contributed by atoms with Crippen LogP contribution in [0.4, 0.5) is 0 Å². The maximum absolute atomic E-state index is 10.4. The third kappa shape index (κ3) is 3.54. The topological polar surface area (TPSA) is 47.3 Å². The Labute approximate surface area is 126 Å². The number of hydrogen-bond acceptors (Lipinski definition) is 3. The van der Waals surface area contributed by atoms with Gasteiger partial charge in [-0.2, -0.15) is 5.10 Å². The van der Waals surface area contributed by atoms with Crippen molar-refractivity contribution < 1.29 is 9.84 Å². The molecule has 5 heteroatoms. The van der Waals surface area contributed by atoms with Crippen LogP contribution in [0.25, 0.3) is 0 Å². The molecule has 1 saturated heterocycles. The average molecular weight is 301 g/mol. The van der Waals surface area contributed by atoms with Crippen molar-refractivity contribution in [2.75, 3.05) is 6.61 Å². The first kappa shape index (κ1) is 15.8. The standard InChI is InChI=1S/C15H25ClN2O2/c1-10(2)14-13(15(16)18(3)17-14)12(19)8-4-6-11-7-5-9-20-11/h10-12,19H,4-9H2,1-3H3. The van der Waals surface area contributed by atoms with E-state index in [1.807, 2.05) is 7.05 Å². The fourth-order valence-electron chi connectivity index (χ4n) is 2.83. The van der Waals surface area contributed by atoms with Crippen LogP contribution in [0.1, 0.15) is 69.2 Å². The first-order valence-electron chi connectivity index (χ1n) is 7.52. The zero-order valence-corrected chi connectivity index (χ0v) is 13.4. The molecule has 1 aliphatic heterocycles. The summed E-state index contributed by atoms with van der Waals surface area (Å²) in [6.45, 7) is 5.03. The fraction of sp³-hybridized carbons (Fsp3) is 0.800. The third-order valence-corrected chi connectivity index (χ3v) is 4.40. The maximum atomic E-state index is 10.4. The van der Waals surface area contributed by atoms with Gasteiger partial charge in [0.2, 0.25) is 0 Å². The Hall–Kier alpha value is -0.580. The highest BCUT2D eigenvalue weighted by Crippen LogP contribution is 2.33. The molecule has 2 atom stereocenters. The number of nitrogens with zero attached hydrogens (tertiary/aromatic N) is 2. The van der Waals surface area contributed by atoms with Crippen molar-refractivity contribution in [2.24, 2.45) is 7.05 Å². The van der Waals surface area contributed by atoms with Gasteiger partial charge < -0.3 is 9.84 Å². The van der Waals surface area contributed by atoms with E-state index in [2.05, 4.69) is 18.9 Å². The molecular formula is C15H25ClN2O2. The summed E-state index contributed by atoms with van der Waals surface area (Å²) in [6, 6.07) is 0. The molecule has 0 bridgehead atoms. The molecule has 2 unspecified atom stereocenters. The van der Waals surface area contributed by atoms with Crippen molar-refractivity contribution in [3.8, 4) is 0 Å². The number of aryl methyl sites for hydroxylation is 1. The number of halogens is 1. The molecule has 2 heterocycles. The molecule has 0 radical (unpaired) electrons. The Morgan fingerprint density at radius 1 is 1.50 bits per heavy atom. The summed E-state index contributed by atoms with van der Waals surface area (Å²) in [5.74, 6) is 0.261. The van der Waals surface area contributed by atoms with Gasteiger partial charge in [0.15, 0.2) is 0 Å². The molecule has 1 aliphatic rings. The highest BCUT2D eigenvalue weighted by atomic mass is 35.5. The van der Waals surface area contributed by atoms with E-state index in [0.717, 1.165) is 37.1 Å². The smallest absolute Gasteiger partial charge is 0.132 e. The second-order valence-electron chi connectivity index (χ2n) is 5.95. The number of rotatable bonds is 6. The summed E-state index contributed by atoms with van der Waals surface area (Å²) in [6.07, 6.45) is 4.86. The molecule has 0 aliphatic carbocycles. The molecule has 1 aromatic heterocycles. The van der Waals surface area contributed by atoms with Crippen LogP contribution in [-0.4, -0.2) is 27.6 Å². The Morgan fingerprint density at radius 3 is 2.85 bits per heavy atom. The van der Waals surface area contributed by atoms with Gasteiger partial charge in [0.1, 0.15) is 5.15 Å². The van der Waals surface area contributed by atoms with E-state index in [-0.39, 0.29) is 5.92 Å². The summed E-state index contributed by atoms with van der Waals surface area (Å²) < 4.78 is 7.25. The van der Waals surface area contributed by atoms with Gasteiger partial charge in [0.05, 0.1) is 17.9 Å². The number of aliphatic hydroxyl groups excluding tert-OH is 1. The van der Waals surface area contributed by atoms with Crippen LogP contribution < -0.4 is 0 Å². The molecule has 1 fully saturated rings. The lowest BCUT2D eigenvalue weighted by Crippen LogP contribution is -2.07. The quantitative estimate of drug-likeness (QED) is 0.873. The molecule has 0 spiro atoms. The fourth-order valence-corrected chi connectivity index (χ4v) is 3.09. The van der Waals surface area contributed by atoms with Crippen LogP contribution >= 0.6 is 11.6 Å². The zero-order chi connectivity index (χ0) is 14.7. The van der Waals surface area contributed by atoms with Crippen molar-refractivity contribution in [1.82, 2.24) is 9.78 Å². The summed E-state index contributed by atoms with van der Waals surface area (Å²) in [7, 11) is 1.82. The highest BCUT2D eigenvalue weighted by Gasteiger charge is 2.24. The molecule has 0 saturated carbocycles. The van der Waals surface area contributed by atoms with Crippen molar-refractivity contribution in [3.63, 3.8) is 0 Å². The third-order valence-electron chi connectivity index (χ3n) is 3.95. The van der Waals surface area contributed by atoms with E-state index in [1.165, 1.54) is 6.42 Å². The van der Waals surface area contributed by atoms with E-state index >= 15 is 0 Å². The van der Waals surface area contributed by atoms with Crippen LogP contribution in [-0.2, 0) is 11.8 Å². The van der Waals surface area contributed by atoms with Gasteiger partial charge >= 0.3 is 0 Å². The van der Waals surface area contributed by atoms with Crippen molar-refractivity contribution in [1.29, 1.82) is 0 Å². The van der Waals surface area contributed by atoms with Gasteiger partial charge in [0, 0.05) is 19.2 Å². The minimum absolute atomic E-state index is 0.261. The lowest BCUT2D eigenvalue weighted by atomic mass is 9.98. The number of hydrogen-bond donors (Lipinski definition) is 1. The van der Waals surface area contributed by atoms with E-state index in [0.29, 0.717) is 17.7 Å². The van der Waals surface area contributed by atoms with Gasteiger partial charge in [-0.25, -0.2) is 0 Å². The van der Waals surface area contributed by atoms with Crippen molar-refractivity contribution >= 4 is 11.6 Å². The van der Waals surface area contributed by atoms with Crippen LogP contribution in [0.2, 0.25) is 5.15 Å². The minimum Gasteiger partial charge on any atom is -0.388 e. The molecular weight excluding hydrogens is 276 g/mol. The van der Waals surface area contributed by atoms with Gasteiger partial charge in [-0.3, -0.25) is 4.68 Å². The molecule has 0 amide bonds. The highest BCUT2D eigenvalue weighted by molar-refractivity contribution is 6.30. The lowest BCUT2D eigenvalue weighted by molar-refractivity contribution is 0.0943. The molecule has 2 rings (SSSR count). The molecule has 20 heavy (non-hydrogen) atoms. The minimum atomic E-state index is -0.532. The number of ether oxygens (including phenoxy) is 1. The van der Waals surface area contributed by atoms with Crippen molar-refractivity contribution in [2.45, 2.75) is 64.1 Å². The van der Waals surface area contributed by atoms with E-state index in [1.54, 1.807) is 4.68 Å². The van der Waals surface area contributed by atoms with E-state index in [4.69, 9.17) is 16.3 Å². The summed E-state index contributed by atoms with van der Waals surface area (Å²) in [5.41, 5.74) is 1.71. The second-order valence-corrected chi connectivity index (χ2v) is 6.31. The predicted molar refractivity (Wildman–Crippen MR) is 80.1 cm³/mol. The Morgan fingerprint density at radius 2 is 2.25 bits per heavy atom. The van der Waals surface area contributed by atoms with Crippen LogP contribution in [0, 0.1) is 0 Å². The average Bonchev–Trinajstić information content (AvgIpc) is 2.99. The molecule has 0 aromatic carbocycles. The molecule has 4 nitrogen and oxygen atoms in total. The summed E-state index contributed by atoms with van der Waals surface area (Å²) in [5, 5.41) is 15.4. The normalized spacial score (nSPS) is 20.8. The van der Waals surface area contributed by atoms with Crippen LogP contribution in [0.5, 0.6) is 0 Å². The van der Waals surface area contributed by atoms with Gasteiger partial charge in [-0.1, -0.05) is 25.4 Å². The first-order valence-corrected chi connectivity index (χ1v) is 7.90. The van der Waals surface area contributed by atoms with Gasteiger partial charge in [-0.05, 0) is 38.0 Å². The van der Waals surface area contributed by atoms with Crippen LogP contribution in [0.15, 0.2) is 0 Å². The largest absolute Gasteiger partial charge is 0.388 e. The number of aromatic nitrogens is 2. The Balaban J connectivity index is 1.95. The second kappa shape index (κ2) is 6.92. The molecule has 1 aromatic rings. The van der Waals surface area contributed by atoms with Gasteiger partial charge in [0.25, 0.3) is 0 Å². The van der Waals surface area contributed by atoms with E-state index in [9.17, 15) is 5.11 Å². The Bertz CT molecular complexity index is 439. The molecule has 1 N–H and O–H groups in total. The molecule has 114 valence electrons. The monoisotopic (exact) mass is 300 g/mol. The van der Waals surface area contributed by atoms with Crippen molar-refractivity contribution in [3.05, 3.63) is 16.4 Å². The maximum Gasteiger partial charge on any atom is 0.132 e. The summed E-state index contributed by atoms with van der Waals surface area (Å²) in [4.78, 5) is 0.